The van der Waals surface area contributed by atoms with Gasteiger partial charge in [-0.3, -0.25) is 0 Å². The highest BCUT2D eigenvalue weighted by atomic mass is 16.5. The van der Waals surface area contributed by atoms with Crippen LogP contribution in [0.15, 0.2) is 34.3 Å². The van der Waals surface area contributed by atoms with Crippen LogP contribution in [0.4, 0.5) is 17.8 Å². The predicted octanol–water partition coefficient (Wildman–Crippen LogP) is 3.01. The summed E-state index contributed by atoms with van der Waals surface area (Å²) in [4.78, 5) is 20.9. The molecule has 1 aromatic heterocycles. The zero-order valence-corrected chi connectivity index (χ0v) is 20.2. The largest absolute Gasteiger partial charge is 0.493 e. The Balaban J connectivity index is 1.90. The van der Waals surface area contributed by atoms with Gasteiger partial charge in [0, 0.05) is 23.6 Å². The molecule has 0 amide bonds. The Labute approximate surface area is 202 Å². The molecule has 0 aliphatic rings. The first kappa shape index (κ1) is 25.0. The van der Waals surface area contributed by atoms with Gasteiger partial charge in [-0.25, -0.2) is 9.98 Å². The van der Waals surface area contributed by atoms with Crippen LogP contribution in [0.3, 0.4) is 0 Å². The van der Waals surface area contributed by atoms with Crippen LogP contribution < -0.4 is 34.2 Å². The molecule has 2 N–H and O–H groups in total. The Bertz CT molecular complexity index is 1110. The van der Waals surface area contributed by atoms with E-state index in [1.165, 1.54) is 55.1 Å². The van der Waals surface area contributed by atoms with E-state index in [0.717, 1.165) is 0 Å². The monoisotopic (exact) mass is 482 g/mol. The van der Waals surface area contributed by atoms with Gasteiger partial charge in [0.15, 0.2) is 23.0 Å². The molecule has 0 fully saturated rings. The number of ether oxygens (including phenoxy) is 6. The standard InChI is InChI=1S/C23H26N6O6/c1-30-15-7-13(8-16(31-2)19(15)34-5)11-25-22-27-21(24)28-23(29-22)26-12-14-9-17(32-3)20(35-6)18(10-14)33-4/h7-12H,1-6H3,(H2,24,27,28,29)/b25-11+,26-12+. The van der Waals surface area contributed by atoms with Gasteiger partial charge in [0.1, 0.15) is 0 Å². The second kappa shape index (κ2) is 11.5. The van der Waals surface area contributed by atoms with Crippen LogP contribution in [0, 0.1) is 0 Å². The molecule has 0 saturated heterocycles. The van der Waals surface area contributed by atoms with E-state index in [0.29, 0.717) is 45.6 Å². The highest BCUT2D eigenvalue weighted by molar-refractivity contribution is 5.85. The van der Waals surface area contributed by atoms with Gasteiger partial charge in [0.05, 0.1) is 42.7 Å². The van der Waals surface area contributed by atoms with Crippen molar-refractivity contribution in [3.05, 3.63) is 35.4 Å². The first-order chi connectivity index (χ1) is 17.0. The molecule has 0 atom stereocenters. The molecule has 0 saturated carbocycles. The summed E-state index contributed by atoms with van der Waals surface area (Å²) >= 11 is 0. The average molecular weight is 482 g/mol. The Kier molecular flexibility index (Phi) is 8.22. The van der Waals surface area contributed by atoms with E-state index in [1.54, 1.807) is 24.3 Å². The lowest BCUT2D eigenvalue weighted by molar-refractivity contribution is 0.324. The Morgan fingerprint density at radius 1 is 0.571 bits per heavy atom. The SMILES string of the molecule is COc1cc(/C=N/c2nc(N)nc(/N=C/c3cc(OC)c(OC)c(OC)c3)n2)cc(OC)c1OC. The van der Waals surface area contributed by atoms with E-state index >= 15 is 0 Å². The summed E-state index contributed by atoms with van der Waals surface area (Å²) < 4.78 is 32.1. The lowest BCUT2D eigenvalue weighted by atomic mass is 10.2. The van der Waals surface area contributed by atoms with E-state index < -0.39 is 0 Å². The lowest BCUT2D eigenvalue weighted by Crippen LogP contribution is -1.98. The third-order valence-corrected chi connectivity index (χ3v) is 4.66. The zero-order chi connectivity index (χ0) is 25.4. The molecule has 2 aromatic carbocycles. The average Bonchev–Trinajstić information content (AvgIpc) is 2.88. The molecule has 0 aliphatic heterocycles. The number of nitrogens with two attached hydrogens (primary N) is 1. The van der Waals surface area contributed by atoms with Crippen molar-refractivity contribution in [1.29, 1.82) is 0 Å². The normalized spacial score (nSPS) is 11.0. The number of nitrogen functional groups attached to an aromatic ring is 1. The van der Waals surface area contributed by atoms with Crippen molar-refractivity contribution in [3.63, 3.8) is 0 Å². The van der Waals surface area contributed by atoms with Crippen molar-refractivity contribution in [2.24, 2.45) is 9.98 Å². The Morgan fingerprint density at radius 2 is 0.914 bits per heavy atom. The van der Waals surface area contributed by atoms with Gasteiger partial charge >= 0.3 is 0 Å². The van der Waals surface area contributed by atoms with Crippen molar-refractivity contribution in [1.82, 2.24) is 15.0 Å². The molecule has 12 nitrogen and oxygen atoms in total. The summed E-state index contributed by atoms with van der Waals surface area (Å²) in [6.45, 7) is 0. The van der Waals surface area contributed by atoms with Gasteiger partial charge in [-0.2, -0.15) is 15.0 Å². The first-order valence-electron chi connectivity index (χ1n) is 10.2. The van der Waals surface area contributed by atoms with Crippen LogP contribution in [-0.2, 0) is 0 Å². The molecular formula is C23H26N6O6. The van der Waals surface area contributed by atoms with Gasteiger partial charge in [-0.15, -0.1) is 0 Å². The van der Waals surface area contributed by atoms with E-state index in [4.69, 9.17) is 34.2 Å². The number of anilines is 1. The molecule has 3 rings (SSSR count). The van der Waals surface area contributed by atoms with E-state index in [-0.39, 0.29) is 17.8 Å². The summed E-state index contributed by atoms with van der Waals surface area (Å²) in [6, 6.07) is 6.94. The summed E-state index contributed by atoms with van der Waals surface area (Å²) in [5, 5.41) is 0. The zero-order valence-electron chi connectivity index (χ0n) is 20.2. The highest BCUT2D eigenvalue weighted by Crippen LogP contribution is 2.38. The fourth-order valence-corrected chi connectivity index (χ4v) is 3.10. The molecule has 0 aliphatic carbocycles. The molecule has 3 aromatic rings. The van der Waals surface area contributed by atoms with Crippen molar-refractivity contribution in [2.45, 2.75) is 0 Å². The minimum atomic E-state index is -0.0333. The van der Waals surface area contributed by atoms with Gasteiger partial charge in [0.25, 0.3) is 11.9 Å². The number of benzene rings is 2. The number of nitrogens with zero attached hydrogens (tertiary/aromatic N) is 5. The van der Waals surface area contributed by atoms with Crippen LogP contribution in [0.25, 0.3) is 0 Å². The highest BCUT2D eigenvalue weighted by Gasteiger charge is 2.14. The molecule has 12 heteroatoms. The third kappa shape index (κ3) is 5.85. The van der Waals surface area contributed by atoms with Gasteiger partial charge in [-0.1, -0.05) is 0 Å². The van der Waals surface area contributed by atoms with Gasteiger partial charge in [0.2, 0.25) is 17.4 Å². The van der Waals surface area contributed by atoms with E-state index in [1.807, 2.05) is 0 Å². The number of hydrogen-bond acceptors (Lipinski definition) is 12. The van der Waals surface area contributed by atoms with Crippen LogP contribution in [0.5, 0.6) is 34.5 Å². The fraction of sp³-hybridized carbons (Fsp3) is 0.261. The molecule has 1 heterocycles. The van der Waals surface area contributed by atoms with Gasteiger partial charge in [-0.05, 0) is 24.3 Å². The summed E-state index contributed by atoms with van der Waals surface area (Å²) in [7, 11) is 9.18. The summed E-state index contributed by atoms with van der Waals surface area (Å²) in [6.07, 6.45) is 3.07. The first-order valence-corrected chi connectivity index (χ1v) is 10.2. The third-order valence-electron chi connectivity index (χ3n) is 4.66. The van der Waals surface area contributed by atoms with E-state index in [9.17, 15) is 0 Å². The van der Waals surface area contributed by atoms with Crippen LogP contribution in [0.2, 0.25) is 0 Å². The second-order valence-corrected chi connectivity index (χ2v) is 6.73. The van der Waals surface area contributed by atoms with Crippen molar-refractivity contribution in [2.75, 3.05) is 48.4 Å². The Hall–Kier alpha value is -4.61. The molecular weight excluding hydrogens is 456 g/mol. The quantitative estimate of drug-likeness (QED) is 0.428. The number of rotatable bonds is 10. The smallest absolute Gasteiger partial charge is 0.256 e. The minimum Gasteiger partial charge on any atom is -0.493 e. The van der Waals surface area contributed by atoms with Crippen molar-refractivity contribution in [3.8, 4) is 34.5 Å². The molecule has 0 bridgehead atoms. The maximum absolute atomic E-state index is 5.83. The maximum Gasteiger partial charge on any atom is 0.256 e. The second-order valence-electron chi connectivity index (χ2n) is 6.73. The predicted molar refractivity (Wildman–Crippen MR) is 131 cm³/mol. The molecule has 0 radical (unpaired) electrons. The minimum absolute atomic E-state index is 0.0333. The van der Waals surface area contributed by atoms with Crippen LogP contribution in [-0.4, -0.2) is 70.0 Å². The topological polar surface area (TPSA) is 145 Å². The number of aliphatic imine (C=N–C) groups is 2. The number of hydrogen-bond donors (Lipinski definition) is 1. The summed E-state index contributed by atoms with van der Waals surface area (Å²) in [5.74, 6) is 3.00. The van der Waals surface area contributed by atoms with Crippen molar-refractivity contribution >= 4 is 30.3 Å². The summed E-state index contributed by atoms with van der Waals surface area (Å²) in [5.41, 5.74) is 7.17. The van der Waals surface area contributed by atoms with E-state index in [2.05, 4.69) is 24.9 Å². The molecule has 184 valence electrons. The fourth-order valence-electron chi connectivity index (χ4n) is 3.10. The van der Waals surface area contributed by atoms with Crippen LogP contribution >= 0.6 is 0 Å². The number of methoxy groups -OCH3 is 6. The Morgan fingerprint density at radius 3 is 1.20 bits per heavy atom. The van der Waals surface area contributed by atoms with Crippen LogP contribution in [0.1, 0.15) is 11.1 Å². The lowest BCUT2D eigenvalue weighted by Gasteiger charge is -2.12. The van der Waals surface area contributed by atoms with Crippen molar-refractivity contribution < 1.29 is 28.4 Å². The number of aromatic nitrogens is 3. The molecule has 35 heavy (non-hydrogen) atoms. The molecule has 0 spiro atoms. The maximum atomic E-state index is 5.83. The van der Waals surface area contributed by atoms with Gasteiger partial charge < -0.3 is 34.2 Å². The molecule has 0 unspecified atom stereocenters.